The van der Waals surface area contributed by atoms with Gasteiger partial charge in [-0.05, 0) is 81.9 Å². The fourth-order valence-corrected chi connectivity index (χ4v) is 3.89. The van der Waals surface area contributed by atoms with Crippen molar-refractivity contribution < 1.29 is 27.4 Å². The van der Waals surface area contributed by atoms with Gasteiger partial charge in [-0.1, -0.05) is 70.6 Å². The van der Waals surface area contributed by atoms with Crippen molar-refractivity contribution >= 4 is 5.97 Å². The normalized spacial score (nSPS) is 13.5. The maximum absolute atomic E-state index is 12.6. The number of rotatable bonds is 17. The van der Waals surface area contributed by atoms with Gasteiger partial charge in [-0.3, -0.25) is 4.79 Å². The summed E-state index contributed by atoms with van der Waals surface area (Å²) in [6, 6.07) is 6.22. The van der Waals surface area contributed by atoms with Crippen LogP contribution < -0.4 is 4.74 Å². The van der Waals surface area contributed by atoms with E-state index in [0.29, 0.717) is 30.6 Å². The number of hydrogen-bond acceptors (Lipinski definition) is 3. The van der Waals surface area contributed by atoms with Crippen molar-refractivity contribution in [2.75, 3.05) is 6.61 Å². The molecule has 6 heteroatoms. The summed E-state index contributed by atoms with van der Waals surface area (Å²) in [7, 11) is 0. The number of ether oxygens (including phenoxy) is 2. The standard InChI is InChI=1S/C29H43F3O3.C2H6/c1-5-14-26(24(4)15-9-7-6-8-10-19-28(33)35-23(2)3)17-11-12-20-34-27-18-13-16-25(21-27)22-29(30,31)32;1-2/h6-7,11,13,16-18,21,23-24,26H,5,8-10,12,14-15,19-20,22H2,1-4H3;1-2H3/b7-6?,17-11+;/t24-,26?;/m1./s1. The maximum atomic E-state index is 12.6. The van der Waals surface area contributed by atoms with Gasteiger partial charge in [0.2, 0.25) is 0 Å². The maximum Gasteiger partial charge on any atom is 0.393 e. The number of carbonyl (C=O) groups is 1. The zero-order valence-corrected chi connectivity index (χ0v) is 23.8. The predicted octanol–water partition coefficient (Wildman–Crippen LogP) is 9.65. The summed E-state index contributed by atoms with van der Waals surface area (Å²) in [4.78, 5) is 11.5. The van der Waals surface area contributed by atoms with E-state index < -0.39 is 12.6 Å². The molecule has 0 spiro atoms. The first-order valence-electron chi connectivity index (χ1n) is 13.9. The predicted molar refractivity (Wildman–Crippen MR) is 148 cm³/mol. The highest BCUT2D eigenvalue weighted by atomic mass is 19.4. The third-order valence-corrected chi connectivity index (χ3v) is 5.67. The van der Waals surface area contributed by atoms with Gasteiger partial charge in [0, 0.05) is 6.42 Å². The SMILES string of the molecule is CC.CCCC(/C=C/CCOc1cccc(CC(F)(F)F)c1)[C@H](C)CCC=CCCCC(=O)OC(C)C. The molecule has 1 aromatic rings. The topological polar surface area (TPSA) is 35.5 Å². The Bertz CT molecular complexity index is 769. The van der Waals surface area contributed by atoms with E-state index in [9.17, 15) is 18.0 Å². The van der Waals surface area contributed by atoms with E-state index in [1.807, 2.05) is 27.7 Å². The first-order valence-corrected chi connectivity index (χ1v) is 13.9. The second kappa shape index (κ2) is 20.8. The van der Waals surface area contributed by atoms with Gasteiger partial charge in [0.25, 0.3) is 0 Å². The number of allylic oxidation sites excluding steroid dienone is 3. The van der Waals surface area contributed by atoms with Crippen molar-refractivity contribution in [1.29, 1.82) is 0 Å². The molecular formula is C31H49F3O3. The molecule has 1 aromatic carbocycles. The Kier molecular flexibility index (Phi) is 19.5. The van der Waals surface area contributed by atoms with Crippen LogP contribution >= 0.6 is 0 Å². The van der Waals surface area contributed by atoms with Crippen molar-refractivity contribution in [3.05, 3.63) is 54.1 Å². The highest BCUT2D eigenvalue weighted by Crippen LogP contribution is 2.25. The van der Waals surface area contributed by atoms with Crippen LogP contribution in [0.15, 0.2) is 48.6 Å². The molecule has 0 bridgehead atoms. The number of benzene rings is 1. The largest absolute Gasteiger partial charge is 0.493 e. The number of unbranched alkanes of at least 4 members (excludes halogenated alkanes) is 1. The van der Waals surface area contributed by atoms with Crippen LogP contribution in [0.5, 0.6) is 5.75 Å². The fraction of sp³-hybridized carbons (Fsp3) is 0.645. The van der Waals surface area contributed by atoms with Gasteiger partial charge in [-0.2, -0.15) is 13.2 Å². The van der Waals surface area contributed by atoms with Crippen LogP contribution in [0.25, 0.3) is 0 Å². The minimum Gasteiger partial charge on any atom is -0.493 e. The van der Waals surface area contributed by atoms with Crippen LogP contribution in [0.2, 0.25) is 0 Å². The van der Waals surface area contributed by atoms with Gasteiger partial charge >= 0.3 is 12.1 Å². The molecule has 0 aliphatic heterocycles. The quantitative estimate of drug-likeness (QED) is 0.115. The Morgan fingerprint density at radius 2 is 1.70 bits per heavy atom. The molecule has 3 nitrogen and oxygen atoms in total. The highest BCUT2D eigenvalue weighted by Gasteiger charge is 2.27. The zero-order valence-electron chi connectivity index (χ0n) is 23.8. The lowest BCUT2D eigenvalue weighted by molar-refractivity contribution is -0.147. The number of halogens is 3. The van der Waals surface area contributed by atoms with Gasteiger partial charge in [-0.25, -0.2) is 0 Å². The van der Waals surface area contributed by atoms with Crippen LogP contribution in [-0.4, -0.2) is 24.9 Å². The zero-order chi connectivity index (χ0) is 28.1. The minimum atomic E-state index is -4.22. The molecular weight excluding hydrogens is 477 g/mol. The first kappa shape index (κ1) is 34.8. The lowest BCUT2D eigenvalue weighted by Gasteiger charge is -2.20. The van der Waals surface area contributed by atoms with E-state index in [1.165, 1.54) is 12.1 Å². The molecule has 0 aliphatic rings. The fourth-order valence-electron chi connectivity index (χ4n) is 3.89. The minimum absolute atomic E-state index is 0.0547. The second-order valence-electron chi connectivity index (χ2n) is 9.41. The van der Waals surface area contributed by atoms with Crippen LogP contribution in [0.4, 0.5) is 13.2 Å². The van der Waals surface area contributed by atoms with E-state index in [2.05, 4.69) is 38.2 Å². The van der Waals surface area contributed by atoms with Crippen molar-refractivity contribution in [1.82, 2.24) is 0 Å². The number of carbonyl (C=O) groups excluding carboxylic acids is 1. The van der Waals surface area contributed by atoms with Crippen LogP contribution in [0.1, 0.15) is 98.5 Å². The lowest BCUT2D eigenvalue weighted by Crippen LogP contribution is -2.11. The Morgan fingerprint density at radius 1 is 1.00 bits per heavy atom. The lowest BCUT2D eigenvalue weighted by atomic mass is 9.86. The number of hydrogen-bond donors (Lipinski definition) is 0. The Labute approximate surface area is 223 Å². The average Bonchev–Trinajstić information content (AvgIpc) is 2.82. The van der Waals surface area contributed by atoms with Crippen molar-refractivity contribution in [3.8, 4) is 5.75 Å². The van der Waals surface area contributed by atoms with E-state index in [4.69, 9.17) is 9.47 Å². The smallest absolute Gasteiger partial charge is 0.393 e. The summed E-state index contributed by atoms with van der Waals surface area (Å²) in [6.45, 7) is 12.6. The monoisotopic (exact) mass is 526 g/mol. The van der Waals surface area contributed by atoms with Gasteiger partial charge in [0.05, 0.1) is 19.1 Å². The molecule has 37 heavy (non-hydrogen) atoms. The Hall–Kier alpha value is -2.24. The van der Waals surface area contributed by atoms with Gasteiger partial charge < -0.3 is 9.47 Å². The second-order valence-corrected chi connectivity index (χ2v) is 9.41. The van der Waals surface area contributed by atoms with E-state index in [1.54, 1.807) is 12.1 Å². The molecule has 0 aliphatic carbocycles. The van der Waals surface area contributed by atoms with Crippen molar-refractivity contribution in [3.63, 3.8) is 0 Å². The average molecular weight is 527 g/mol. The summed E-state index contributed by atoms with van der Waals surface area (Å²) >= 11 is 0. The summed E-state index contributed by atoms with van der Waals surface area (Å²) in [5.74, 6) is 1.39. The molecule has 0 fully saturated rings. The molecule has 0 saturated heterocycles. The summed E-state index contributed by atoms with van der Waals surface area (Å²) in [5.41, 5.74) is 0.213. The molecule has 2 atom stereocenters. The number of alkyl halides is 3. The van der Waals surface area contributed by atoms with Crippen LogP contribution in [0.3, 0.4) is 0 Å². The van der Waals surface area contributed by atoms with Gasteiger partial charge in [0.1, 0.15) is 5.75 Å². The summed E-state index contributed by atoms with van der Waals surface area (Å²) in [5, 5.41) is 0. The molecule has 1 unspecified atom stereocenters. The van der Waals surface area contributed by atoms with Gasteiger partial charge in [0.15, 0.2) is 0 Å². The summed E-state index contributed by atoms with van der Waals surface area (Å²) in [6.07, 6.45) is 10.8. The molecule has 0 radical (unpaired) electrons. The molecule has 212 valence electrons. The van der Waals surface area contributed by atoms with Crippen molar-refractivity contribution in [2.24, 2.45) is 11.8 Å². The van der Waals surface area contributed by atoms with Crippen LogP contribution in [-0.2, 0) is 16.0 Å². The molecule has 0 heterocycles. The van der Waals surface area contributed by atoms with Crippen LogP contribution in [0, 0.1) is 11.8 Å². The molecule has 0 aromatic heterocycles. The Morgan fingerprint density at radius 3 is 2.35 bits per heavy atom. The highest BCUT2D eigenvalue weighted by molar-refractivity contribution is 5.69. The first-order chi connectivity index (χ1) is 17.6. The number of esters is 1. The third kappa shape index (κ3) is 19.5. The summed E-state index contributed by atoms with van der Waals surface area (Å²) < 4.78 is 48.5. The third-order valence-electron chi connectivity index (χ3n) is 5.67. The Balaban J connectivity index is 0.00000631. The molecule has 0 amide bonds. The van der Waals surface area contributed by atoms with Crippen molar-refractivity contribution in [2.45, 2.75) is 112 Å². The molecule has 0 saturated carbocycles. The van der Waals surface area contributed by atoms with E-state index >= 15 is 0 Å². The van der Waals surface area contributed by atoms with Gasteiger partial charge in [-0.15, -0.1) is 0 Å². The molecule has 1 rings (SSSR count). The van der Waals surface area contributed by atoms with E-state index in [0.717, 1.165) is 44.9 Å². The molecule has 0 N–H and O–H groups in total. The van der Waals surface area contributed by atoms with E-state index in [-0.39, 0.29) is 17.6 Å².